The summed E-state index contributed by atoms with van der Waals surface area (Å²) in [6.45, 7) is 4.12. The van der Waals surface area contributed by atoms with E-state index in [4.69, 9.17) is 0 Å². The molecule has 0 spiro atoms. The molecule has 4 heteroatoms. The van der Waals surface area contributed by atoms with Crippen molar-refractivity contribution < 1.29 is 13.5 Å². The van der Waals surface area contributed by atoms with Gasteiger partial charge in [0.25, 0.3) is 0 Å². The first-order chi connectivity index (χ1) is 6.97. The Morgan fingerprint density at radius 3 is 2.60 bits per heavy atom. The lowest BCUT2D eigenvalue weighted by Crippen LogP contribution is -2.39. The summed E-state index contributed by atoms with van der Waals surface area (Å²) < 4.78 is 23.5. The van der Waals surface area contributed by atoms with E-state index in [0.29, 0.717) is 18.8 Å². The second-order valence-electron chi connectivity index (χ2n) is 4.72. The molecule has 0 aliphatic carbocycles. The summed E-state index contributed by atoms with van der Waals surface area (Å²) in [4.78, 5) is 0. The lowest BCUT2D eigenvalue weighted by molar-refractivity contribution is 0.133. The monoisotopic (exact) mass is 234 g/mol. The molecule has 3 atom stereocenters. The zero-order valence-corrected chi connectivity index (χ0v) is 10.5. The SMILES string of the molecule is CCC(C)CC(O)C1CCCCS1(=O)=O. The van der Waals surface area contributed by atoms with Gasteiger partial charge in [0.15, 0.2) is 9.84 Å². The lowest BCUT2D eigenvalue weighted by Gasteiger charge is -2.28. The van der Waals surface area contributed by atoms with Gasteiger partial charge in [0.05, 0.1) is 17.1 Å². The van der Waals surface area contributed by atoms with Crippen molar-refractivity contribution in [1.29, 1.82) is 0 Å². The number of sulfone groups is 1. The molecule has 1 heterocycles. The maximum atomic E-state index is 11.7. The summed E-state index contributed by atoms with van der Waals surface area (Å²) in [7, 11) is -3.03. The molecular formula is C11H22O3S. The quantitative estimate of drug-likeness (QED) is 0.806. The average molecular weight is 234 g/mol. The summed E-state index contributed by atoms with van der Waals surface area (Å²) in [5.74, 6) is 0.659. The summed E-state index contributed by atoms with van der Waals surface area (Å²) in [5, 5.41) is 9.43. The second kappa shape index (κ2) is 5.30. The van der Waals surface area contributed by atoms with Crippen molar-refractivity contribution >= 4 is 9.84 Å². The summed E-state index contributed by atoms with van der Waals surface area (Å²) in [6.07, 6.45) is 3.27. The molecule has 90 valence electrons. The number of aliphatic hydroxyl groups excluding tert-OH is 1. The van der Waals surface area contributed by atoms with Gasteiger partial charge < -0.3 is 5.11 Å². The second-order valence-corrected chi connectivity index (χ2v) is 7.06. The molecule has 3 unspecified atom stereocenters. The Morgan fingerprint density at radius 2 is 2.07 bits per heavy atom. The highest BCUT2D eigenvalue weighted by Gasteiger charge is 2.34. The minimum Gasteiger partial charge on any atom is -0.392 e. The summed E-state index contributed by atoms with van der Waals surface area (Å²) in [6, 6.07) is 0. The van der Waals surface area contributed by atoms with E-state index in [-0.39, 0.29) is 5.75 Å². The Hall–Kier alpha value is -0.0900. The van der Waals surface area contributed by atoms with E-state index in [1.807, 2.05) is 0 Å². The number of aliphatic hydroxyl groups is 1. The Balaban J connectivity index is 2.61. The van der Waals surface area contributed by atoms with Crippen LogP contribution in [-0.2, 0) is 9.84 Å². The van der Waals surface area contributed by atoms with Crippen LogP contribution in [0.2, 0.25) is 0 Å². The Labute approximate surface area is 92.8 Å². The van der Waals surface area contributed by atoms with Crippen LogP contribution in [0.15, 0.2) is 0 Å². The minimum absolute atomic E-state index is 0.259. The summed E-state index contributed by atoms with van der Waals surface area (Å²) in [5.41, 5.74) is 0. The van der Waals surface area contributed by atoms with E-state index in [1.165, 1.54) is 0 Å². The zero-order chi connectivity index (χ0) is 11.5. The molecular weight excluding hydrogens is 212 g/mol. The molecule has 0 aromatic carbocycles. The Kier molecular flexibility index (Phi) is 4.59. The van der Waals surface area contributed by atoms with E-state index in [9.17, 15) is 13.5 Å². The smallest absolute Gasteiger partial charge is 0.155 e. The molecule has 3 nitrogen and oxygen atoms in total. The van der Waals surface area contributed by atoms with Crippen molar-refractivity contribution in [3.63, 3.8) is 0 Å². The molecule has 1 saturated heterocycles. The molecule has 1 fully saturated rings. The van der Waals surface area contributed by atoms with Crippen LogP contribution in [0.5, 0.6) is 0 Å². The van der Waals surface area contributed by atoms with E-state index in [0.717, 1.165) is 19.3 Å². The largest absolute Gasteiger partial charge is 0.392 e. The van der Waals surface area contributed by atoms with E-state index < -0.39 is 21.2 Å². The van der Waals surface area contributed by atoms with Crippen molar-refractivity contribution in [3.8, 4) is 0 Å². The van der Waals surface area contributed by atoms with Gasteiger partial charge in [-0.2, -0.15) is 0 Å². The molecule has 1 aliphatic heterocycles. The normalized spacial score (nSPS) is 29.7. The van der Waals surface area contributed by atoms with Crippen LogP contribution >= 0.6 is 0 Å². The van der Waals surface area contributed by atoms with Crippen LogP contribution < -0.4 is 0 Å². The minimum atomic E-state index is -3.03. The van der Waals surface area contributed by atoms with Gasteiger partial charge in [-0.3, -0.25) is 0 Å². The maximum Gasteiger partial charge on any atom is 0.155 e. The highest BCUT2D eigenvalue weighted by Crippen LogP contribution is 2.25. The maximum absolute atomic E-state index is 11.7. The fourth-order valence-corrected chi connectivity index (χ4v) is 4.17. The van der Waals surface area contributed by atoms with Crippen LogP contribution in [0.1, 0.15) is 46.0 Å². The fourth-order valence-electron chi connectivity index (χ4n) is 2.14. The van der Waals surface area contributed by atoms with Crippen LogP contribution in [0.25, 0.3) is 0 Å². The Bertz CT molecular complexity index is 284. The Morgan fingerprint density at radius 1 is 1.40 bits per heavy atom. The summed E-state index contributed by atoms with van der Waals surface area (Å²) >= 11 is 0. The first kappa shape index (κ1) is 13.0. The van der Waals surface area contributed by atoms with Crippen LogP contribution in [0.3, 0.4) is 0 Å². The molecule has 1 N–H and O–H groups in total. The molecule has 0 saturated carbocycles. The predicted molar refractivity (Wildman–Crippen MR) is 61.5 cm³/mol. The van der Waals surface area contributed by atoms with Crippen molar-refractivity contribution in [3.05, 3.63) is 0 Å². The third kappa shape index (κ3) is 3.45. The molecule has 0 radical (unpaired) electrons. The van der Waals surface area contributed by atoms with E-state index in [1.54, 1.807) is 0 Å². The van der Waals surface area contributed by atoms with Gasteiger partial charge in [-0.15, -0.1) is 0 Å². The first-order valence-electron chi connectivity index (χ1n) is 5.87. The highest BCUT2D eigenvalue weighted by atomic mass is 32.2. The van der Waals surface area contributed by atoms with Crippen molar-refractivity contribution in [1.82, 2.24) is 0 Å². The third-order valence-corrected chi connectivity index (χ3v) is 5.73. The third-order valence-electron chi connectivity index (χ3n) is 3.40. The molecule has 1 aliphatic rings. The molecule has 0 amide bonds. The highest BCUT2D eigenvalue weighted by molar-refractivity contribution is 7.92. The number of rotatable bonds is 4. The molecule has 0 aromatic rings. The van der Waals surface area contributed by atoms with E-state index in [2.05, 4.69) is 13.8 Å². The molecule has 0 aromatic heterocycles. The van der Waals surface area contributed by atoms with Gasteiger partial charge in [0.2, 0.25) is 0 Å². The first-order valence-corrected chi connectivity index (χ1v) is 7.58. The van der Waals surface area contributed by atoms with Crippen LogP contribution in [0.4, 0.5) is 0 Å². The fraction of sp³-hybridized carbons (Fsp3) is 1.00. The van der Waals surface area contributed by atoms with Gasteiger partial charge in [-0.05, 0) is 25.2 Å². The topological polar surface area (TPSA) is 54.4 Å². The average Bonchev–Trinajstić information content (AvgIpc) is 2.16. The van der Waals surface area contributed by atoms with Gasteiger partial charge in [0.1, 0.15) is 0 Å². The molecule has 0 bridgehead atoms. The molecule has 15 heavy (non-hydrogen) atoms. The zero-order valence-electron chi connectivity index (χ0n) is 9.65. The van der Waals surface area contributed by atoms with Gasteiger partial charge in [0, 0.05) is 0 Å². The van der Waals surface area contributed by atoms with Crippen LogP contribution in [-0.4, -0.2) is 30.6 Å². The van der Waals surface area contributed by atoms with E-state index >= 15 is 0 Å². The number of hydrogen-bond acceptors (Lipinski definition) is 3. The van der Waals surface area contributed by atoms with Gasteiger partial charge in [-0.25, -0.2) is 8.42 Å². The molecule has 1 rings (SSSR count). The van der Waals surface area contributed by atoms with Gasteiger partial charge >= 0.3 is 0 Å². The predicted octanol–water partition coefficient (Wildman–Crippen LogP) is 1.75. The standard InChI is InChI=1S/C11H22O3S/c1-3-9(2)8-10(12)11-6-4-5-7-15(11,13)14/h9-12H,3-8H2,1-2H3. The lowest BCUT2D eigenvalue weighted by atomic mass is 9.97. The van der Waals surface area contributed by atoms with Crippen LogP contribution in [0, 0.1) is 5.92 Å². The number of hydrogen-bond donors (Lipinski definition) is 1. The van der Waals surface area contributed by atoms with Crippen molar-refractivity contribution in [2.75, 3.05) is 5.75 Å². The van der Waals surface area contributed by atoms with Crippen molar-refractivity contribution in [2.24, 2.45) is 5.92 Å². The van der Waals surface area contributed by atoms with Gasteiger partial charge in [-0.1, -0.05) is 26.7 Å². The van der Waals surface area contributed by atoms with Crippen molar-refractivity contribution in [2.45, 2.75) is 57.3 Å².